The first-order valence-corrected chi connectivity index (χ1v) is 14.3. The Morgan fingerprint density at radius 2 is 1.76 bits per heavy atom. The number of pyridine rings is 1. The number of carbonyl (C=O) groups excluding carboxylic acids is 4. The van der Waals surface area contributed by atoms with Gasteiger partial charge >= 0.3 is 17.9 Å². The summed E-state index contributed by atoms with van der Waals surface area (Å²) >= 11 is 6.26. The molecule has 41 heavy (non-hydrogen) atoms. The summed E-state index contributed by atoms with van der Waals surface area (Å²) in [4.78, 5) is 59.7. The number of nitrogens with zero attached hydrogens (tertiary/aromatic N) is 3. The van der Waals surface area contributed by atoms with Gasteiger partial charge in [0.25, 0.3) is 0 Å². The van der Waals surface area contributed by atoms with Crippen LogP contribution in [-0.4, -0.2) is 63.3 Å². The minimum absolute atomic E-state index is 0.0140. The Labute approximate surface area is 245 Å². The maximum Gasteiger partial charge on any atom is 0.413 e. The van der Waals surface area contributed by atoms with Gasteiger partial charge in [-0.25, -0.2) is 9.78 Å². The van der Waals surface area contributed by atoms with Crippen molar-refractivity contribution in [2.75, 3.05) is 23.7 Å². The first-order valence-electron chi connectivity index (χ1n) is 13.9. The van der Waals surface area contributed by atoms with Crippen molar-refractivity contribution in [3.8, 4) is 0 Å². The van der Waals surface area contributed by atoms with Crippen molar-refractivity contribution in [1.29, 1.82) is 0 Å². The summed E-state index contributed by atoms with van der Waals surface area (Å²) in [6, 6.07) is 8.01. The molecule has 1 saturated carbocycles. The predicted molar refractivity (Wildman–Crippen MR) is 157 cm³/mol. The first kappa shape index (κ1) is 30.3. The summed E-state index contributed by atoms with van der Waals surface area (Å²) in [5.74, 6) is -1.19. The lowest BCUT2D eigenvalue weighted by Crippen LogP contribution is -2.59. The average molecular weight is 584 g/mol. The van der Waals surface area contributed by atoms with Crippen LogP contribution in [0.15, 0.2) is 36.5 Å². The number of nitrogens with one attached hydrogen (secondary N) is 2. The van der Waals surface area contributed by atoms with Crippen molar-refractivity contribution in [3.63, 3.8) is 0 Å². The fourth-order valence-electron chi connectivity index (χ4n) is 4.91. The molecule has 1 aromatic carbocycles. The van der Waals surface area contributed by atoms with Crippen LogP contribution in [0.3, 0.4) is 0 Å². The SMILES string of the molecule is CC(C)C(=O)N1C[C@H](c2cccc(Cl)c2)N(C(=O)C(=O)Nc2cnc(NC(=O)OC(C)(C)C)c(C3CC3)c2)C[C@H]1C. The predicted octanol–water partition coefficient (Wildman–Crippen LogP) is 5.35. The zero-order valence-corrected chi connectivity index (χ0v) is 25.1. The zero-order chi connectivity index (χ0) is 30.1. The molecule has 220 valence electrons. The van der Waals surface area contributed by atoms with E-state index in [2.05, 4.69) is 15.6 Å². The van der Waals surface area contributed by atoms with Gasteiger partial charge in [-0.3, -0.25) is 19.7 Å². The molecule has 2 heterocycles. The van der Waals surface area contributed by atoms with Crippen LogP contribution in [0.1, 0.15) is 77.5 Å². The van der Waals surface area contributed by atoms with Gasteiger partial charge in [0, 0.05) is 35.6 Å². The quantitative estimate of drug-likeness (QED) is 0.457. The molecule has 0 radical (unpaired) electrons. The van der Waals surface area contributed by atoms with E-state index in [9.17, 15) is 19.2 Å². The van der Waals surface area contributed by atoms with Gasteiger partial charge in [-0.05, 0) is 70.2 Å². The highest BCUT2D eigenvalue weighted by molar-refractivity contribution is 6.39. The third-order valence-electron chi connectivity index (χ3n) is 7.02. The normalized spacial score (nSPS) is 19.1. The topological polar surface area (TPSA) is 121 Å². The van der Waals surface area contributed by atoms with Crippen LogP contribution >= 0.6 is 11.6 Å². The summed E-state index contributed by atoms with van der Waals surface area (Å²) in [7, 11) is 0. The molecule has 0 spiro atoms. The van der Waals surface area contributed by atoms with E-state index in [4.69, 9.17) is 16.3 Å². The maximum atomic E-state index is 13.6. The van der Waals surface area contributed by atoms with E-state index in [1.165, 1.54) is 11.1 Å². The van der Waals surface area contributed by atoms with Gasteiger partial charge in [0.2, 0.25) is 5.91 Å². The van der Waals surface area contributed by atoms with E-state index in [0.717, 1.165) is 24.0 Å². The number of halogens is 1. The molecular formula is C30H38ClN5O5. The van der Waals surface area contributed by atoms with E-state index < -0.39 is 29.6 Å². The lowest BCUT2D eigenvalue weighted by atomic mass is 9.98. The number of anilines is 2. The van der Waals surface area contributed by atoms with Crippen molar-refractivity contribution >= 4 is 46.9 Å². The summed E-state index contributed by atoms with van der Waals surface area (Å²) < 4.78 is 5.35. The van der Waals surface area contributed by atoms with Crippen LogP contribution in [0, 0.1) is 5.92 Å². The van der Waals surface area contributed by atoms with E-state index in [1.54, 1.807) is 49.9 Å². The number of piperazine rings is 1. The van der Waals surface area contributed by atoms with E-state index in [-0.39, 0.29) is 36.9 Å². The second-order valence-corrected chi connectivity index (χ2v) is 12.5. The monoisotopic (exact) mass is 583 g/mol. The molecule has 1 aliphatic carbocycles. The third kappa shape index (κ3) is 7.55. The lowest BCUT2D eigenvalue weighted by Gasteiger charge is -2.45. The highest BCUT2D eigenvalue weighted by Crippen LogP contribution is 2.43. The smallest absolute Gasteiger partial charge is 0.413 e. The first-order chi connectivity index (χ1) is 19.2. The van der Waals surface area contributed by atoms with E-state index in [0.29, 0.717) is 16.5 Å². The number of hydrogen-bond donors (Lipinski definition) is 2. The maximum absolute atomic E-state index is 13.6. The summed E-state index contributed by atoms with van der Waals surface area (Å²) in [5.41, 5.74) is 1.20. The molecule has 1 aromatic heterocycles. The van der Waals surface area contributed by atoms with Crippen molar-refractivity contribution in [1.82, 2.24) is 14.8 Å². The number of ether oxygens (including phenoxy) is 1. The molecule has 2 aliphatic rings. The van der Waals surface area contributed by atoms with Crippen LogP contribution in [0.4, 0.5) is 16.3 Å². The van der Waals surface area contributed by atoms with Crippen LogP contribution in [-0.2, 0) is 19.1 Å². The highest BCUT2D eigenvalue weighted by atomic mass is 35.5. The van der Waals surface area contributed by atoms with Gasteiger partial charge < -0.3 is 19.9 Å². The van der Waals surface area contributed by atoms with Crippen molar-refractivity contribution < 1.29 is 23.9 Å². The Kier molecular flexibility index (Phi) is 8.91. The third-order valence-corrected chi connectivity index (χ3v) is 7.25. The van der Waals surface area contributed by atoms with Crippen LogP contribution < -0.4 is 10.6 Å². The molecule has 4 rings (SSSR count). The van der Waals surface area contributed by atoms with Gasteiger partial charge in [-0.2, -0.15) is 0 Å². The van der Waals surface area contributed by atoms with Gasteiger partial charge in [-0.1, -0.05) is 37.6 Å². The Hall–Kier alpha value is -3.66. The Morgan fingerprint density at radius 1 is 1.05 bits per heavy atom. The fraction of sp³-hybridized carbons (Fsp3) is 0.500. The molecule has 1 saturated heterocycles. The molecule has 2 fully saturated rings. The molecule has 1 aliphatic heterocycles. The molecule has 11 heteroatoms. The summed E-state index contributed by atoms with van der Waals surface area (Å²) in [6.07, 6.45) is 2.65. The molecule has 2 aromatic rings. The standard InChI is InChI=1S/C30H38ClN5O5/c1-17(2)27(38)35-16-24(20-8-7-9-21(31)12-20)36(15-18(35)3)28(39)26(37)33-22-13-23(19-10-11-19)25(32-14-22)34-29(40)41-30(4,5)6/h7-9,12-14,17-19,24H,10-11,15-16H2,1-6H3,(H,33,37)(H,32,34,40)/t18-,24-/m1/s1. The van der Waals surface area contributed by atoms with Gasteiger partial charge in [-0.15, -0.1) is 0 Å². The zero-order valence-electron chi connectivity index (χ0n) is 24.4. The number of rotatable bonds is 5. The van der Waals surface area contributed by atoms with Crippen LogP contribution in [0.25, 0.3) is 0 Å². The Balaban J connectivity index is 1.54. The second kappa shape index (κ2) is 12.1. The summed E-state index contributed by atoms with van der Waals surface area (Å²) in [6.45, 7) is 11.3. The minimum atomic E-state index is -0.815. The van der Waals surface area contributed by atoms with Gasteiger partial charge in [0.1, 0.15) is 11.4 Å². The summed E-state index contributed by atoms with van der Waals surface area (Å²) in [5, 5.41) is 5.88. The number of hydrogen-bond acceptors (Lipinski definition) is 6. The largest absolute Gasteiger partial charge is 0.444 e. The van der Waals surface area contributed by atoms with E-state index >= 15 is 0 Å². The molecule has 10 nitrogen and oxygen atoms in total. The Bertz CT molecular complexity index is 1340. The molecule has 0 unspecified atom stereocenters. The number of carbonyl (C=O) groups is 4. The van der Waals surface area contributed by atoms with Crippen molar-refractivity contribution in [2.45, 2.75) is 78.0 Å². The lowest BCUT2D eigenvalue weighted by molar-refractivity contribution is -0.152. The number of benzene rings is 1. The highest BCUT2D eigenvalue weighted by Gasteiger charge is 2.40. The van der Waals surface area contributed by atoms with Gasteiger partial charge in [0.15, 0.2) is 0 Å². The van der Waals surface area contributed by atoms with Crippen LogP contribution in [0.5, 0.6) is 0 Å². The molecule has 2 N–H and O–H groups in total. The molecule has 4 amide bonds. The van der Waals surface area contributed by atoms with Crippen molar-refractivity contribution in [2.24, 2.45) is 5.92 Å². The van der Waals surface area contributed by atoms with E-state index in [1.807, 2.05) is 26.8 Å². The molecule has 2 atom stereocenters. The molecular weight excluding hydrogens is 546 g/mol. The number of amides is 4. The van der Waals surface area contributed by atoms with Gasteiger partial charge in [0.05, 0.1) is 17.9 Å². The van der Waals surface area contributed by atoms with Crippen LogP contribution in [0.2, 0.25) is 5.02 Å². The fourth-order valence-corrected chi connectivity index (χ4v) is 5.11. The Morgan fingerprint density at radius 3 is 2.37 bits per heavy atom. The van der Waals surface area contributed by atoms with Crippen molar-refractivity contribution in [3.05, 3.63) is 52.7 Å². The minimum Gasteiger partial charge on any atom is -0.444 e. The molecule has 0 bridgehead atoms. The number of aromatic nitrogens is 1. The second-order valence-electron chi connectivity index (χ2n) is 12.0. The average Bonchev–Trinajstić information content (AvgIpc) is 3.73.